The summed E-state index contributed by atoms with van der Waals surface area (Å²) in [6.07, 6.45) is 0. The summed E-state index contributed by atoms with van der Waals surface area (Å²) in [6.45, 7) is 3.96. The van der Waals surface area contributed by atoms with Crippen LogP contribution < -0.4 is 5.32 Å². The molecule has 1 N–H and O–H groups in total. The molecule has 4 rings (SSSR count). The Kier molecular flexibility index (Phi) is 4.90. The van der Waals surface area contributed by atoms with Crippen LogP contribution in [-0.4, -0.2) is 23.5 Å². The van der Waals surface area contributed by atoms with Crippen LogP contribution in [0.2, 0.25) is 5.02 Å². The Morgan fingerprint density at radius 1 is 1.19 bits per heavy atom. The number of rotatable bonds is 4. The third-order valence-electron chi connectivity index (χ3n) is 3.90. The highest BCUT2D eigenvalue weighted by Crippen LogP contribution is 2.39. The fraction of sp³-hybridized carbons (Fsp3) is 0.167. The molecule has 5 nitrogen and oxygen atoms in total. The largest absolute Gasteiger partial charge is 0.462 e. The summed E-state index contributed by atoms with van der Waals surface area (Å²) in [5.74, 6) is -0.626. The number of halogens is 1. The van der Waals surface area contributed by atoms with Crippen molar-refractivity contribution in [1.29, 1.82) is 0 Å². The summed E-state index contributed by atoms with van der Waals surface area (Å²) in [5.41, 5.74) is 0.825. The van der Waals surface area contributed by atoms with Crippen LogP contribution in [0, 0.1) is 6.92 Å². The zero-order chi connectivity index (χ0) is 19.1. The van der Waals surface area contributed by atoms with Crippen LogP contribution in [0.5, 0.6) is 0 Å². The van der Waals surface area contributed by atoms with Crippen molar-refractivity contribution < 1.29 is 14.3 Å². The van der Waals surface area contributed by atoms with Gasteiger partial charge in [-0.3, -0.25) is 10.1 Å². The maximum Gasteiger partial charge on any atom is 0.348 e. The van der Waals surface area contributed by atoms with E-state index in [1.54, 1.807) is 6.92 Å². The molecule has 0 aliphatic heterocycles. The Hall–Kier alpha value is -2.00. The number of ether oxygens (including phenoxy) is 1. The molecule has 3 heterocycles. The van der Waals surface area contributed by atoms with E-state index in [1.807, 2.05) is 31.2 Å². The van der Waals surface area contributed by atoms with Gasteiger partial charge in [0, 0.05) is 10.1 Å². The third-order valence-corrected chi connectivity index (χ3v) is 7.96. The number of aromatic nitrogens is 1. The first kappa shape index (κ1) is 18.4. The molecule has 0 aliphatic carbocycles. The van der Waals surface area contributed by atoms with E-state index in [2.05, 4.69) is 10.3 Å². The normalized spacial score (nSPS) is 11.2. The highest BCUT2D eigenvalue weighted by atomic mass is 35.5. The monoisotopic (exact) mass is 436 g/mol. The number of benzene rings is 1. The van der Waals surface area contributed by atoms with E-state index < -0.39 is 0 Å². The van der Waals surface area contributed by atoms with Gasteiger partial charge in [0.1, 0.15) is 14.6 Å². The Morgan fingerprint density at radius 2 is 1.96 bits per heavy atom. The molecule has 0 fully saturated rings. The highest BCUT2D eigenvalue weighted by molar-refractivity contribution is 7.30. The highest BCUT2D eigenvalue weighted by Gasteiger charge is 2.22. The maximum absolute atomic E-state index is 12.7. The molecule has 0 atom stereocenters. The molecule has 0 radical (unpaired) electrons. The maximum atomic E-state index is 12.7. The predicted molar refractivity (Wildman–Crippen MR) is 113 cm³/mol. The SMILES string of the molecule is CCOC(=O)c1sc2nc(NC(=O)c3sc4ccccc4c3Cl)sc2c1C. The fourth-order valence-corrected chi connectivity index (χ4v) is 6.27. The van der Waals surface area contributed by atoms with Crippen LogP contribution in [0.25, 0.3) is 19.6 Å². The van der Waals surface area contributed by atoms with E-state index >= 15 is 0 Å². The summed E-state index contributed by atoms with van der Waals surface area (Å²) in [4.78, 5) is 30.8. The number of thiazole rings is 1. The Labute approximate surface area is 171 Å². The van der Waals surface area contributed by atoms with Gasteiger partial charge < -0.3 is 4.74 Å². The van der Waals surface area contributed by atoms with Crippen LogP contribution in [0.1, 0.15) is 31.8 Å². The standard InChI is InChI=1S/C18H13ClN2O3S3/c1-3-24-17(23)13-8(2)12-16(26-13)21-18(27-12)20-15(22)14-11(19)9-6-4-5-7-10(9)25-14/h4-7H,3H2,1-2H3,(H,20,21,22). The van der Waals surface area contributed by atoms with Gasteiger partial charge >= 0.3 is 5.97 Å². The van der Waals surface area contributed by atoms with Gasteiger partial charge in [-0.2, -0.15) is 0 Å². The molecular formula is C18H13ClN2O3S3. The molecule has 9 heteroatoms. The van der Waals surface area contributed by atoms with Crippen molar-refractivity contribution in [2.24, 2.45) is 0 Å². The van der Waals surface area contributed by atoms with Gasteiger partial charge in [-0.1, -0.05) is 41.1 Å². The van der Waals surface area contributed by atoms with E-state index in [0.29, 0.717) is 31.3 Å². The zero-order valence-corrected chi connectivity index (χ0v) is 17.5. The number of hydrogen-bond donors (Lipinski definition) is 1. The third kappa shape index (κ3) is 3.23. The summed E-state index contributed by atoms with van der Waals surface area (Å²) in [7, 11) is 0. The topological polar surface area (TPSA) is 68.3 Å². The first-order valence-corrected chi connectivity index (χ1v) is 10.9. The van der Waals surface area contributed by atoms with E-state index in [1.165, 1.54) is 34.0 Å². The first-order valence-electron chi connectivity index (χ1n) is 8.05. The molecule has 138 valence electrons. The van der Waals surface area contributed by atoms with Crippen molar-refractivity contribution in [3.8, 4) is 0 Å². The fourth-order valence-electron chi connectivity index (χ4n) is 2.65. The van der Waals surface area contributed by atoms with Gasteiger partial charge in [0.25, 0.3) is 5.91 Å². The van der Waals surface area contributed by atoms with Gasteiger partial charge in [0.05, 0.1) is 16.3 Å². The smallest absolute Gasteiger partial charge is 0.348 e. The lowest BCUT2D eigenvalue weighted by Crippen LogP contribution is -2.10. The van der Waals surface area contributed by atoms with Crippen molar-refractivity contribution in [2.75, 3.05) is 11.9 Å². The van der Waals surface area contributed by atoms with Gasteiger partial charge in [-0.25, -0.2) is 9.78 Å². The minimum absolute atomic E-state index is 0.286. The van der Waals surface area contributed by atoms with Crippen LogP contribution in [0.15, 0.2) is 24.3 Å². The number of aryl methyl sites for hydroxylation is 1. The van der Waals surface area contributed by atoms with Gasteiger partial charge in [0.2, 0.25) is 0 Å². The van der Waals surface area contributed by atoms with Crippen molar-refractivity contribution in [3.05, 3.63) is 44.6 Å². The first-order chi connectivity index (χ1) is 13.0. The van der Waals surface area contributed by atoms with Crippen LogP contribution in [-0.2, 0) is 4.74 Å². The zero-order valence-electron chi connectivity index (χ0n) is 14.3. The number of esters is 1. The van der Waals surface area contributed by atoms with Crippen LogP contribution in [0.4, 0.5) is 5.13 Å². The van der Waals surface area contributed by atoms with Crippen molar-refractivity contribution in [3.63, 3.8) is 0 Å². The van der Waals surface area contributed by atoms with Gasteiger partial charge in [0.15, 0.2) is 5.13 Å². The van der Waals surface area contributed by atoms with Crippen molar-refractivity contribution in [2.45, 2.75) is 13.8 Å². The summed E-state index contributed by atoms with van der Waals surface area (Å²) in [5, 5.41) is 4.62. The van der Waals surface area contributed by atoms with E-state index in [0.717, 1.165) is 20.3 Å². The number of thiophene rings is 2. The molecule has 0 bridgehead atoms. The van der Waals surface area contributed by atoms with E-state index in [-0.39, 0.29) is 11.9 Å². The lowest BCUT2D eigenvalue weighted by molar-refractivity contribution is 0.0531. The van der Waals surface area contributed by atoms with Crippen molar-refractivity contribution >= 4 is 82.2 Å². The molecule has 1 aromatic carbocycles. The molecule has 0 saturated carbocycles. The number of anilines is 1. The van der Waals surface area contributed by atoms with Crippen LogP contribution in [0.3, 0.4) is 0 Å². The minimum Gasteiger partial charge on any atom is -0.462 e. The second-order valence-electron chi connectivity index (χ2n) is 5.63. The quantitative estimate of drug-likeness (QED) is 0.400. The Bertz CT molecular complexity index is 1190. The summed E-state index contributed by atoms with van der Waals surface area (Å²) in [6, 6.07) is 7.63. The number of hydrogen-bond acceptors (Lipinski definition) is 7. The lowest BCUT2D eigenvalue weighted by Gasteiger charge is -2.00. The van der Waals surface area contributed by atoms with Crippen molar-refractivity contribution in [1.82, 2.24) is 4.98 Å². The number of nitrogens with zero attached hydrogens (tertiary/aromatic N) is 1. The Morgan fingerprint density at radius 3 is 2.67 bits per heavy atom. The molecule has 0 spiro atoms. The van der Waals surface area contributed by atoms with Gasteiger partial charge in [-0.05, 0) is 25.5 Å². The average molecular weight is 437 g/mol. The van der Waals surface area contributed by atoms with Gasteiger partial charge in [-0.15, -0.1) is 22.7 Å². The van der Waals surface area contributed by atoms with E-state index in [4.69, 9.17) is 16.3 Å². The molecule has 1 amide bonds. The molecule has 3 aromatic heterocycles. The predicted octanol–water partition coefficient (Wildman–Crippen LogP) is 5.96. The molecule has 4 aromatic rings. The number of fused-ring (bicyclic) bond motifs is 2. The molecular weight excluding hydrogens is 424 g/mol. The van der Waals surface area contributed by atoms with E-state index in [9.17, 15) is 9.59 Å². The molecule has 0 unspecified atom stereocenters. The lowest BCUT2D eigenvalue weighted by atomic mass is 10.2. The number of carbonyl (C=O) groups is 2. The van der Waals surface area contributed by atoms with Crippen LogP contribution >= 0.6 is 45.6 Å². The summed E-state index contributed by atoms with van der Waals surface area (Å²) >= 11 is 10.3. The minimum atomic E-state index is -0.340. The molecule has 0 saturated heterocycles. The number of carbonyl (C=O) groups excluding carboxylic acids is 2. The summed E-state index contributed by atoms with van der Waals surface area (Å²) < 4.78 is 6.90. The molecule has 0 aliphatic rings. The molecule has 27 heavy (non-hydrogen) atoms. The Balaban J connectivity index is 1.62. The number of amides is 1. The number of nitrogens with one attached hydrogen (secondary N) is 1. The second kappa shape index (κ2) is 7.20. The second-order valence-corrected chi connectivity index (χ2v) is 9.05. The average Bonchev–Trinajstić information content (AvgIpc) is 3.29.